The van der Waals surface area contributed by atoms with Gasteiger partial charge in [0.2, 0.25) is 0 Å². The molecule has 1 aromatic heterocycles. The lowest BCUT2D eigenvalue weighted by molar-refractivity contribution is 1.05. The highest BCUT2D eigenvalue weighted by Gasteiger charge is 2.22. The van der Waals surface area contributed by atoms with Crippen molar-refractivity contribution in [2.24, 2.45) is 0 Å². The normalized spacial score (nSPS) is 18.1. The van der Waals surface area contributed by atoms with Crippen LogP contribution >= 0.6 is 11.8 Å². The summed E-state index contributed by atoms with van der Waals surface area (Å²) in [7, 11) is 0. The van der Waals surface area contributed by atoms with E-state index in [9.17, 15) is 0 Å². The van der Waals surface area contributed by atoms with E-state index in [4.69, 9.17) is 0 Å². The van der Waals surface area contributed by atoms with Crippen molar-refractivity contribution in [3.63, 3.8) is 0 Å². The van der Waals surface area contributed by atoms with Crippen molar-refractivity contribution in [1.29, 1.82) is 0 Å². The predicted molar refractivity (Wildman–Crippen MR) is 63.9 cm³/mol. The third-order valence-electron chi connectivity index (χ3n) is 2.72. The molecule has 0 aliphatic carbocycles. The Morgan fingerprint density at radius 2 is 2.00 bits per heavy atom. The van der Waals surface area contributed by atoms with Gasteiger partial charge in [-0.15, -0.1) is 11.8 Å². The van der Waals surface area contributed by atoms with Crippen molar-refractivity contribution in [3.05, 3.63) is 48.2 Å². The van der Waals surface area contributed by atoms with Crippen LogP contribution in [0.2, 0.25) is 0 Å². The van der Waals surface area contributed by atoms with Gasteiger partial charge in [-0.3, -0.25) is 4.98 Å². The van der Waals surface area contributed by atoms with Crippen molar-refractivity contribution in [2.45, 2.75) is 17.1 Å². The lowest BCUT2D eigenvalue weighted by Gasteiger charge is -2.23. The maximum Gasteiger partial charge on any atom is 0.0756 e. The first kappa shape index (κ1) is 8.98. The molecule has 0 N–H and O–H groups in total. The Morgan fingerprint density at radius 1 is 1.13 bits per heavy atom. The Morgan fingerprint density at radius 3 is 2.93 bits per heavy atom. The van der Waals surface area contributed by atoms with E-state index in [1.807, 2.05) is 24.0 Å². The molecule has 15 heavy (non-hydrogen) atoms. The number of benzene rings is 1. The van der Waals surface area contributed by atoms with E-state index in [-0.39, 0.29) is 0 Å². The number of rotatable bonds is 0. The molecule has 2 heterocycles. The summed E-state index contributed by atoms with van der Waals surface area (Å²) in [6.07, 6.45) is 1.87. The summed E-state index contributed by atoms with van der Waals surface area (Å²) in [5.74, 6) is 0. The van der Waals surface area contributed by atoms with Gasteiger partial charge in [0.1, 0.15) is 0 Å². The first-order valence-electron chi connectivity index (χ1n) is 5.07. The van der Waals surface area contributed by atoms with E-state index in [0.29, 0.717) is 5.25 Å². The summed E-state index contributed by atoms with van der Waals surface area (Å²) in [5.41, 5.74) is 3.77. The van der Waals surface area contributed by atoms with Gasteiger partial charge >= 0.3 is 0 Å². The van der Waals surface area contributed by atoms with E-state index in [2.05, 4.69) is 42.2 Å². The molecule has 0 spiro atoms. The van der Waals surface area contributed by atoms with Gasteiger partial charge in [-0.25, -0.2) is 0 Å². The highest BCUT2D eigenvalue weighted by Crippen LogP contribution is 2.47. The van der Waals surface area contributed by atoms with Crippen LogP contribution in [-0.2, 0) is 0 Å². The van der Waals surface area contributed by atoms with Gasteiger partial charge in [-0.2, -0.15) is 0 Å². The summed E-state index contributed by atoms with van der Waals surface area (Å²) < 4.78 is 0. The van der Waals surface area contributed by atoms with Gasteiger partial charge in [0.25, 0.3) is 0 Å². The second-order valence-electron chi connectivity index (χ2n) is 3.70. The second-order valence-corrected chi connectivity index (χ2v) is 5.08. The Bertz CT molecular complexity index is 507. The Balaban J connectivity index is 2.30. The molecular formula is C13H11NS. The molecule has 0 amide bonds. The Labute approximate surface area is 93.6 Å². The average molecular weight is 213 g/mol. The minimum absolute atomic E-state index is 0.503. The zero-order chi connectivity index (χ0) is 10.3. The third kappa shape index (κ3) is 1.37. The third-order valence-corrected chi connectivity index (χ3v) is 3.94. The minimum atomic E-state index is 0.503. The number of thioether (sulfide) groups is 1. The summed E-state index contributed by atoms with van der Waals surface area (Å²) in [4.78, 5) is 5.84. The van der Waals surface area contributed by atoms with Crippen LogP contribution in [0.3, 0.4) is 0 Å². The van der Waals surface area contributed by atoms with Crippen LogP contribution in [0, 0.1) is 0 Å². The number of pyridine rings is 1. The molecule has 3 rings (SSSR count). The maximum atomic E-state index is 4.50. The summed E-state index contributed by atoms with van der Waals surface area (Å²) >= 11 is 1.91. The zero-order valence-electron chi connectivity index (χ0n) is 8.47. The molecule has 0 fully saturated rings. The number of fused-ring (bicyclic) bond motifs is 3. The van der Waals surface area contributed by atoms with Crippen molar-refractivity contribution in [2.75, 3.05) is 0 Å². The molecule has 0 saturated carbocycles. The van der Waals surface area contributed by atoms with Gasteiger partial charge < -0.3 is 0 Å². The lowest BCUT2D eigenvalue weighted by Crippen LogP contribution is -2.01. The minimum Gasteiger partial charge on any atom is -0.256 e. The molecule has 1 aliphatic rings. The number of hydrogen-bond donors (Lipinski definition) is 0. The van der Waals surface area contributed by atoms with Crippen LogP contribution < -0.4 is 0 Å². The Hall–Kier alpha value is -1.28. The fourth-order valence-electron chi connectivity index (χ4n) is 1.99. The summed E-state index contributed by atoms with van der Waals surface area (Å²) in [5, 5.41) is 0.503. The molecule has 1 nitrogen and oxygen atoms in total. The van der Waals surface area contributed by atoms with Crippen molar-refractivity contribution in [1.82, 2.24) is 4.98 Å². The fraction of sp³-hybridized carbons (Fsp3) is 0.154. The van der Waals surface area contributed by atoms with E-state index >= 15 is 0 Å². The first-order valence-corrected chi connectivity index (χ1v) is 5.95. The average Bonchev–Trinajstić information content (AvgIpc) is 2.30. The second kappa shape index (κ2) is 3.38. The zero-order valence-corrected chi connectivity index (χ0v) is 9.29. The van der Waals surface area contributed by atoms with Gasteiger partial charge in [0.15, 0.2) is 0 Å². The molecule has 2 heteroatoms. The lowest BCUT2D eigenvalue weighted by atomic mass is 10.0. The van der Waals surface area contributed by atoms with Gasteiger partial charge in [-0.05, 0) is 24.6 Å². The number of nitrogens with zero attached hydrogens (tertiary/aromatic N) is 1. The first-order chi connectivity index (χ1) is 7.36. The van der Waals surface area contributed by atoms with Gasteiger partial charge in [-0.1, -0.05) is 24.3 Å². The van der Waals surface area contributed by atoms with Crippen LogP contribution in [0.1, 0.15) is 17.7 Å². The van der Waals surface area contributed by atoms with E-state index in [1.54, 1.807) is 0 Å². The molecule has 1 unspecified atom stereocenters. The molecule has 0 saturated heterocycles. The quantitative estimate of drug-likeness (QED) is 0.658. The standard InChI is InChI=1S/C13H11NS/c1-9-10-6-4-8-14-13(10)11-5-2-3-7-12(11)15-9/h2-9H,1H3. The molecule has 2 aromatic rings. The van der Waals surface area contributed by atoms with Crippen molar-refractivity contribution in [3.8, 4) is 11.3 Å². The molecule has 1 aliphatic heterocycles. The van der Waals surface area contributed by atoms with Gasteiger partial charge in [0, 0.05) is 21.9 Å². The fourth-order valence-corrected chi connectivity index (χ4v) is 3.14. The van der Waals surface area contributed by atoms with Crippen molar-refractivity contribution >= 4 is 11.8 Å². The smallest absolute Gasteiger partial charge is 0.0756 e. The molecule has 1 aromatic carbocycles. The van der Waals surface area contributed by atoms with Crippen LogP contribution in [-0.4, -0.2) is 4.98 Å². The van der Waals surface area contributed by atoms with E-state index in [0.717, 1.165) is 5.69 Å². The van der Waals surface area contributed by atoms with E-state index < -0.39 is 0 Å². The predicted octanol–water partition coefficient (Wildman–Crippen LogP) is 3.92. The Kier molecular flexibility index (Phi) is 2.03. The number of hydrogen-bond acceptors (Lipinski definition) is 2. The van der Waals surface area contributed by atoms with Crippen LogP contribution in [0.5, 0.6) is 0 Å². The highest BCUT2D eigenvalue weighted by molar-refractivity contribution is 7.99. The topological polar surface area (TPSA) is 12.9 Å². The monoisotopic (exact) mass is 213 g/mol. The van der Waals surface area contributed by atoms with Crippen LogP contribution in [0.25, 0.3) is 11.3 Å². The molecule has 74 valence electrons. The van der Waals surface area contributed by atoms with Crippen molar-refractivity contribution < 1.29 is 0 Å². The largest absolute Gasteiger partial charge is 0.256 e. The molecule has 0 radical (unpaired) electrons. The van der Waals surface area contributed by atoms with Crippen LogP contribution in [0.4, 0.5) is 0 Å². The van der Waals surface area contributed by atoms with Gasteiger partial charge in [0.05, 0.1) is 5.69 Å². The molecule has 0 bridgehead atoms. The van der Waals surface area contributed by atoms with E-state index in [1.165, 1.54) is 16.0 Å². The number of aromatic nitrogens is 1. The molecular weight excluding hydrogens is 202 g/mol. The molecule has 1 atom stereocenters. The van der Waals surface area contributed by atoms with Crippen LogP contribution in [0.15, 0.2) is 47.5 Å². The highest BCUT2D eigenvalue weighted by atomic mass is 32.2. The summed E-state index contributed by atoms with van der Waals surface area (Å²) in [6.45, 7) is 2.24. The SMILES string of the molecule is CC1Sc2ccccc2-c2ncccc21. The maximum absolute atomic E-state index is 4.50. The summed E-state index contributed by atoms with van der Waals surface area (Å²) in [6, 6.07) is 12.7.